The summed E-state index contributed by atoms with van der Waals surface area (Å²) < 4.78 is 6.89. The normalized spacial score (nSPS) is 10.6. The van der Waals surface area contributed by atoms with Gasteiger partial charge in [-0.1, -0.05) is 35.0 Å². The maximum absolute atomic E-state index is 12.5. The molecule has 6 nitrogen and oxygen atoms in total. The molecule has 0 fully saturated rings. The summed E-state index contributed by atoms with van der Waals surface area (Å²) in [7, 11) is 1.61. The van der Waals surface area contributed by atoms with E-state index in [2.05, 4.69) is 34.7 Å². The van der Waals surface area contributed by atoms with Crippen molar-refractivity contribution in [3.63, 3.8) is 0 Å². The summed E-state index contributed by atoms with van der Waals surface area (Å²) in [5.74, 6) is 0.559. The zero-order valence-electron chi connectivity index (χ0n) is 16.2. The first-order chi connectivity index (χ1) is 14.1. The summed E-state index contributed by atoms with van der Waals surface area (Å²) in [5.41, 5.74) is 5.21. The molecule has 144 valence electrons. The van der Waals surface area contributed by atoms with E-state index in [1.165, 1.54) is 5.56 Å². The Labute approximate surface area is 168 Å². The fourth-order valence-corrected chi connectivity index (χ4v) is 2.98. The Kier molecular flexibility index (Phi) is 5.07. The highest BCUT2D eigenvalue weighted by atomic mass is 16.5. The summed E-state index contributed by atoms with van der Waals surface area (Å²) in [6.45, 7) is 2.05. The molecule has 1 N–H and O–H groups in total. The number of carbonyl (C=O) groups is 1. The Morgan fingerprint density at radius 1 is 0.931 bits per heavy atom. The molecule has 0 unspecified atom stereocenters. The minimum Gasteiger partial charge on any atom is -0.497 e. The molecule has 0 radical (unpaired) electrons. The first-order valence-corrected chi connectivity index (χ1v) is 9.17. The molecule has 0 atom stereocenters. The van der Waals surface area contributed by atoms with Crippen molar-refractivity contribution in [2.45, 2.75) is 6.92 Å². The van der Waals surface area contributed by atoms with Crippen molar-refractivity contribution in [2.24, 2.45) is 0 Å². The third-order valence-corrected chi connectivity index (χ3v) is 4.62. The van der Waals surface area contributed by atoms with E-state index in [1.54, 1.807) is 54.4 Å². The monoisotopic (exact) mass is 384 g/mol. The number of carbonyl (C=O) groups excluding carboxylic acids is 1. The Bertz CT molecular complexity index is 1120. The lowest BCUT2D eigenvalue weighted by atomic mass is 10.1. The molecule has 0 bridgehead atoms. The molecule has 1 heterocycles. The summed E-state index contributed by atoms with van der Waals surface area (Å²) in [5, 5.41) is 11.1. The number of hydrogen-bond donors (Lipinski definition) is 1. The number of hydrogen-bond acceptors (Lipinski definition) is 4. The molecule has 29 heavy (non-hydrogen) atoms. The van der Waals surface area contributed by atoms with E-state index in [0.717, 1.165) is 22.7 Å². The number of amides is 1. The lowest BCUT2D eigenvalue weighted by Crippen LogP contribution is -2.12. The van der Waals surface area contributed by atoms with Crippen LogP contribution in [-0.2, 0) is 0 Å². The average molecular weight is 384 g/mol. The molecule has 1 aromatic heterocycles. The Hall–Kier alpha value is -3.93. The summed E-state index contributed by atoms with van der Waals surface area (Å²) >= 11 is 0. The number of rotatable bonds is 5. The number of nitrogens with one attached hydrogen (secondary N) is 1. The third-order valence-electron chi connectivity index (χ3n) is 4.62. The molecule has 0 saturated heterocycles. The Balaban J connectivity index is 1.53. The van der Waals surface area contributed by atoms with Crippen molar-refractivity contribution in [1.82, 2.24) is 15.0 Å². The van der Waals surface area contributed by atoms with E-state index in [0.29, 0.717) is 11.3 Å². The predicted octanol–water partition coefficient (Wildman–Crippen LogP) is 4.50. The van der Waals surface area contributed by atoms with Crippen LogP contribution >= 0.6 is 0 Å². The lowest BCUT2D eigenvalue weighted by Gasteiger charge is -2.09. The molecule has 4 rings (SSSR count). The second kappa shape index (κ2) is 7.98. The zero-order valence-corrected chi connectivity index (χ0v) is 16.2. The van der Waals surface area contributed by atoms with Gasteiger partial charge in [0, 0.05) is 16.8 Å². The first-order valence-electron chi connectivity index (χ1n) is 9.17. The van der Waals surface area contributed by atoms with Crippen molar-refractivity contribution < 1.29 is 9.53 Å². The molecule has 0 aliphatic heterocycles. The van der Waals surface area contributed by atoms with Crippen LogP contribution in [0.15, 0.2) is 79.0 Å². The van der Waals surface area contributed by atoms with Gasteiger partial charge in [0.05, 0.1) is 24.7 Å². The third kappa shape index (κ3) is 4.01. The quantitative estimate of drug-likeness (QED) is 0.550. The highest BCUT2D eigenvalue weighted by molar-refractivity contribution is 6.04. The van der Waals surface area contributed by atoms with E-state index in [1.807, 2.05) is 24.3 Å². The van der Waals surface area contributed by atoms with Gasteiger partial charge in [-0.05, 0) is 55.5 Å². The maximum atomic E-state index is 12.5. The number of ether oxygens (including phenoxy) is 1. The van der Waals surface area contributed by atoms with Crippen molar-refractivity contribution in [1.29, 1.82) is 0 Å². The SMILES string of the molecule is COc1ccc(NC(=O)c2ccc(-n3nncc3-c3ccc(C)cc3)cc2)cc1. The molecule has 6 heteroatoms. The summed E-state index contributed by atoms with van der Waals surface area (Å²) in [4.78, 5) is 12.5. The molecule has 0 spiro atoms. The van der Waals surface area contributed by atoms with Gasteiger partial charge in [-0.3, -0.25) is 4.79 Å². The van der Waals surface area contributed by atoms with Crippen LogP contribution < -0.4 is 10.1 Å². The highest BCUT2D eigenvalue weighted by Gasteiger charge is 2.11. The Morgan fingerprint density at radius 2 is 1.62 bits per heavy atom. The molecule has 3 aromatic carbocycles. The van der Waals surface area contributed by atoms with E-state index in [9.17, 15) is 4.79 Å². The number of aryl methyl sites for hydroxylation is 1. The molecule has 0 aliphatic rings. The van der Waals surface area contributed by atoms with Gasteiger partial charge < -0.3 is 10.1 Å². The van der Waals surface area contributed by atoms with E-state index in [4.69, 9.17) is 4.74 Å². The number of anilines is 1. The van der Waals surface area contributed by atoms with E-state index >= 15 is 0 Å². The van der Waals surface area contributed by atoms with E-state index in [-0.39, 0.29) is 5.91 Å². The van der Waals surface area contributed by atoms with Crippen molar-refractivity contribution in [3.05, 3.63) is 90.1 Å². The number of methoxy groups -OCH3 is 1. The van der Waals surface area contributed by atoms with Crippen LogP contribution in [0.25, 0.3) is 16.9 Å². The number of benzene rings is 3. The van der Waals surface area contributed by atoms with Crippen LogP contribution in [0.1, 0.15) is 15.9 Å². The Morgan fingerprint density at radius 3 is 2.28 bits per heavy atom. The molecular weight excluding hydrogens is 364 g/mol. The minimum atomic E-state index is -0.181. The number of aromatic nitrogens is 3. The molecule has 1 amide bonds. The standard InChI is InChI=1S/C23H20N4O2/c1-16-3-5-17(6-4-16)22-15-24-26-27(22)20-11-7-18(8-12-20)23(28)25-19-9-13-21(29-2)14-10-19/h3-15H,1-2H3,(H,25,28). The van der Waals surface area contributed by atoms with Crippen LogP contribution in [0, 0.1) is 6.92 Å². The molecule has 4 aromatic rings. The fourth-order valence-electron chi connectivity index (χ4n) is 2.98. The number of nitrogens with zero attached hydrogens (tertiary/aromatic N) is 3. The summed E-state index contributed by atoms with van der Waals surface area (Å²) in [6.07, 6.45) is 1.73. The molecule has 0 saturated carbocycles. The van der Waals surface area contributed by atoms with Crippen LogP contribution in [0.3, 0.4) is 0 Å². The van der Waals surface area contributed by atoms with Crippen LogP contribution in [0.5, 0.6) is 5.75 Å². The molecular formula is C23H20N4O2. The van der Waals surface area contributed by atoms with Crippen molar-refractivity contribution in [3.8, 4) is 22.7 Å². The summed E-state index contributed by atoms with van der Waals surface area (Å²) in [6, 6.07) is 22.7. The van der Waals surface area contributed by atoms with Crippen molar-refractivity contribution in [2.75, 3.05) is 12.4 Å². The predicted molar refractivity (Wildman–Crippen MR) is 112 cm³/mol. The van der Waals surface area contributed by atoms with Gasteiger partial charge >= 0.3 is 0 Å². The fraction of sp³-hybridized carbons (Fsp3) is 0.0870. The average Bonchev–Trinajstić information content (AvgIpc) is 3.25. The second-order valence-electron chi connectivity index (χ2n) is 6.63. The van der Waals surface area contributed by atoms with Gasteiger partial charge in [-0.2, -0.15) is 0 Å². The second-order valence-corrected chi connectivity index (χ2v) is 6.63. The van der Waals surface area contributed by atoms with E-state index < -0.39 is 0 Å². The maximum Gasteiger partial charge on any atom is 0.255 e. The largest absolute Gasteiger partial charge is 0.497 e. The van der Waals surface area contributed by atoms with Gasteiger partial charge in [0.15, 0.2) is 0 Å². The van der Waals surface area contributed by atoms with Crippen molar-refractivity contribution >= 4 is 11.6 Å². The molecule has 0 aliphatic carbocycles. The smallest absolute Gasteiger partial charge is 0.255 e. The van der Waals surface area contributed by atoms with Gasteiger partial charge in [0.2, 0.25) is 0 Å². The lowest BCUT2D eigenvalue weighted by molar-refractivity contribution is 0.102. The van der Waals surface area contributed by atoms with Gasteiger partial charge in [-0.15, -0.1) is 5.10 Å². The zero-order chi connectivity index (χ0) is 20.2. The first kappa shape index (κ1) is 18.4. The van der Waals surface area contributed by atoms with Gasteiger partial charge in [-0.25, -0.2) is 4.68 Å². The van der Waals surface area contributed by atoms with Crippen LogP contribution in [-0.4, -0.2) is 28.0 Å². The minimum absolute atomic E-state index is 0.181. The van der Waals surface area contributed by atoms with Gasteiger partial charge in [0.1, 0.15) is 5.75 Å². The highest BCUT2D eigenvalue weighted by Crippen LogP contribution is 2.22. The van der Waals surface area contributed by atoms with Crippen LogP contribution in [0.2, 0.25) is 0 Å². The van der Waals surface area contributed by atoms with Crippen LogP contribution in [0.4, 0.5) is 5.69 Å². The van der Waals surface area contributed by atoms with Gasteiger partial charge in [0.25, 0.3) is 5.91 Å². The topological polar surface area (TPSA) is 69.0 Å².